The van der Waals surface area contributed by atoms with E-state index in [0.29, 0.717) is 5.92 Å². The maximum Gasteiger partial charge on any atom is 0.169 e. The molecule has 1 saturated carbocycles. The normalized spacial score (nSPS) is 18.1. The number of carbonyl (C=O) groups is 1. The minimum atomic E-state index is -2.62. The van der Waals surface area contributed by atoms with E-state index in [-0.39, 0.29) is 21.8 Å². The molecule has 0 radical (unpaired) electrons. The van der Waals surface area contributed by atoms with Crippen molar-refractivity contribution in [2.45, 2.75) is 77.4 Å². The van der Waals surface area contributed by atoms with Crippen LogP contribution in [-0.4, -0.2) is 21.9 Å². The molecule has 2 atom stereocenters. The summed E-state index contributed by atoms with van der Waals surface area (Å²) >= 11 is 0. The van der Waals surface area contributed by atoms with Gasteiger partial charge in [-0.2, -0.15) is 0 Å². The Morgan fingerprint density at radius 2 is 0.940 bits per heavy atom. The summed E-state index contributed by atoms with van der Waals surface area (Å²) in [6, 6.07) is 56.5. The SMILES string of the molecule is C/C(=C1/CC(C[Si](c2ccccc2)(c2ccccc2)C(C)(C)C)CC1C(=O)c1ccccc1)[Si](c1ccccc1)(c1ccccc1)C(C)(C)C. The molecule has 1 fully saturated rings. The van der Waals surface area contributed by atoms with Gasteiger partial charge < -0.3 is 0 Å². The zero-order valence-corrected chi connectivity index (χ0v) is 33.1. The van der Waals surface area contributed by atoms with E-state index in [1.54, 1.807) is 0 Å². The monoisotopic (exact) mass is 690 g/mol. The van der Waals surface area contributed by atoms with Crippen LogP contribution in [0.3, 0.4) is 0 Å². The van der Waals surface area contributed by atoms with Crippen molar-refractivity contribution in [3.8, 4) is 0 Å². The standard InChI is InChI=1S/C47H54OSi2/c1-36(50(47(5,6)7,41-29-19-11-20-30-41)42-31-21-12-22-32-42)43-33-37(34-44(43)45(48)38-23-13-8-14-24-38)35-49(46(2,3)4,39-25-15-9-16-26-39)40-27-17-10-18-28-40/h8-32,37,44H,33-35H2,1-7H3/b43-36+. The van der Waals surface area contributed by atoms with Crippen molar-refractivity contribution in [1.29, 1.82) is 0 Å². The van der Waals surface area contributed by atoms with Crippen molar-refractivity contribution in [3.63, 3.8) is 0 Å². The lowest BCUT2D eigenvalue weighted by atomic mass is 9.92. The zero-order valence-electron chi connectivity index (χ0n) is 31.1. The molecule has 1 aliphatic rings. The Balaban J connectivity index is 1.59. The Bertz CT molecular complexity index is 1820. The fourth-order valence-corrected chi connectivity index (χ4v) is 21.8. The Morgan fingerprint density at radius 3 is 1.32 bits per heavy atom. The Hall–Kier alpha value is -4.06. The molecule has 6 rings (SSSR count). The minimum Gasteiger partial charge on any atom is -0.294 e. The Labute approximate surface area is 303 Å². The molecule has 0 saturated heterocycles. The second kappa shape index (κ2) is 14.3. The van der Waals surface area contributed by atoms with Gasteiger partial charge in [0.15, 0.2) is 5.78 Å². The fraction of sp³-hybridized carbons (Fsp3) is 0.298. The summed E-state index contributed by atoms with van der Waals surface area (Å²) in [6.45, 7) is 17.1. The van der Waals surface area contributed by atoms with Gasteiger partial charge in [0.1, 0.15) is 16.1 Å². The van der Waals surface area contributed by atoms with Gasteiger partial charge in [-0.05, 0) is 52.2 Å². The molecule has 0 bridgehead atoms. The number of hydrogen-bond donors (Lipinski definition) is 0. The molecule has 1 aliphatic carbocycles. The molecule has 0 spiro atoms. The molecule has 5 aromatic carbocycles. The highest BCUT2D eigenvalue weighted by Crippen LogP contribution is 2.51. The summed E-state index contributed by atoms with van der Waals surface area (Å²) < 4.78 is 0. The highest BCUT2D eigenvalue weighted by molar-refractivity contribution is 7.09. The van der Waals surface area contributed by atoms with E-state index in [1.165, 1.54) is 31.5 Å². The molecule has 0 N–H and O–H groups in total. The van der Waals surface area contributed by atoms with E-state index in [4.69, 9.17) is 0 Å². The van der Waals surface area contributed by atoms with Crippen LogP contribution in [-0.2, 0) is 0 Å². The van der Waals surface area contributed by atoms with Crippen LogP contribution in [0.5, 0.6) is 0 Å². The molecular formula is C47H54OSi2. The number of hydrogen-bond acceptors (Lipinski definition) is 1. The predicted octanol–water partition coefficient (Wildman–Crippen LogP) is 9.88. The average Bonchev–Trinajstić information content (AvgIpc) is 3.55. The lowest BCUT2D eigenvalue weighted by Crippen LogP contribution is -2.66. The van der Waals surface area contributed by atoms with E-state index < -0.39 is 16.1 Å². The highest BCUT2D eigenvalue weighted by Gasteiger charge is 2.54. The quantitative estimate of drug-likeness (QED) is 0.111. The number of Topliss-reactive ketones (excluding diaryl/α,β-unsaturated/α-hetero) is 1. The molecule has 1 nitrogen and oxygen atoms in total. The number of ketones is 1. The molecule has 0 amide bonds. The fourth-order valence-electron chi connectivity index (χ4n) is 9.75. The van der Waals surface area contributed by atoms with E-state index >= 15 is 0 Å². The van der Waals surface area contributed by atoms with Crippen LogP contribution in [0, 0.1) is 11.8 Å². The minimum absolute atomic E-state index is 0.0385. The average molecular weight is 691 g/mol. The summed E-state index contributed by atoms with van der Waals surface area (Å²) in [5, 5.41) is 7.32. The van der Waals surface area contributed by atoms with Crippen molar-refractivity contribution >= 4 is 42.7 Å². The topological polar surface area (TPSA) is 17.1 Å². The van der Waals surface area contributed by atoms with Crippen LogP contribution in [0.1, 0.15) is 71.7 Å². The highest BCUT2D eigenvalue weighted by atomic mass is 28.3. The maximum atomic E-state index is 14.9. The molecule has 0 aliphatic heterocycles. The van der Waals surface area contributed by atoms with Crippen molar-refractivity contribution in [1.82, 2.24) is 0 Å². The summed E-state index contributed by atoms with van der Waals surface area (Å²) in [5.41, 5.74) is 2.23. The maximum absolute atomic E-state index is 14.9. The van der Waals surface area contributed by atoms with Gasteiger partial charge in [-0.15, -0.1) is 0 Å². The van der Waals surface area contributed by atoms with Crippen LogP contribution in [0.2, 0.25) is 16.1 Å². The second-order valence-corrected chi connectivity index (χ2v) is 26.3. The van der Waals surface area contributed by atoms with E-state index in [1.807, 2.05) is 30.3 Å². The van der Waals surface area contributed by atoms with Gasteiger partial charge in [-0.25, -0.2) is 0 Å². The number of rotatable bonds is 9. The smallest absolute Gasteiger partial charge is 0.169 e. The summed E-state index contributed by atoms with van der Waals surface area (Å²) in [6.07, 6.45) is 1.85. The molecule has 3 heteroatoms. The van der Waals surface area contributed by atoms with Crippen molar-refractivity contribution in [3.05, 3.63) is 168 Å². The van der Waals surface area contributed by atoms with E-state index in [0.717, 1.165) is 24.4 Å². The second-order valence-electron chi connectivity index (χ2n) is 16.6. The van der Waals surface area contributed by atoms with Gasteiger partial charge in [0.2, 0.25) is 0 Å². The van der Waals surface area contributed by atoms with Crippen LogP contribution >= 0.6 is 0 Å². The van der Waals surface area contributed by atoms with Gasteiger partial charge in [0.05, 0.1) is 0 Å². The molecule has 0 aromatic heterocycles. The summed E-state index contributed by atoms with van der Waals surface area (Å²) in [4.78, 5) is 14.9. The largest absolute Gasteiger partial charge is 0.294 e. The van der Waals surface area contributed by atoms with Gasteiger partial charge in [-0.3, -0.25) is 4.79 Å². The van der Waals surface area contributed by atoms with Gasteiger partial charge >= 0.3 is 0 Å². The zero-order chi connectivity index (χ0) is 35.6. The molecule has 50 heavy (non-hydrogen) atoms. The summed E-state index contributed by atoms with van der Waals surface area (Å²) in [7, 11) is -4.98. The third-order valence-electron chi connectivity index (χ3n) is 11.9. The van der Waals surface area contributed by atoms with Crippen LogP contribution < -0.4 is 20.7 Å². The third kappa shape index (κ3) is 6.35. The molecule has 5 aromatic rings. The number of carbonyl (C=O) groups excluding carboxylic acids is 1. The molecular weight excluding hydrogens is 637 g/mol. The Morgan fingerprint density at radius 1 is 0.560 bits per heavy atom. The lowest BCUT2D eigenvalue weighted by Gasteiger charge is -2.46. The first kappa shape index (κ1) is 35.8. The lowest BCUT2D eigenvalue weighted by molar-refractivity contribution is 0.0938. The van der Waals surface area contributed by atoms with Crippen molar-refractivity contribution < 1.29 is 4.79 Å². The van der Waals surface area contributed by atoms with Crippen molar-refractivity contribution in [2.24, 2.45) is 11.8 Å². The molecule has 256 valence electrons. The van der Waals surface area contributed by atoms with Crippen LogP contribution in [0.25, 0.3) is 0 Å². The molecule has 2 unspecified atom stereocenters. The summed E-state index contributed by atoms with van der Waals surface area (Å²) in [5.74, 6) is 0.534. The molecule has 0 heterocycles. The van der Waals surface area contributed by atoms with Gasteiger partial charge in [0.25, 0.3) is 0 Å². The van der Waals surface area contributed by atoms with Gasteiger partial charge in [0, 0.05) is 11.5 Å². The first-order chi connectivity index (χ1) is 23.9. The number of allylic oxidation sites excluding steroid dienone is 2. The van der Waals surface area contributed by atoms with Crippen molar-refractivity contribution in [2.75, 3.05) is 0 Å². The van der Waals surface area contributed by atoms with Crippen LogP contribution in [0.4, 0.5) is 0 Å². The first-order valence-electron chi connectivity index (χ1n) is 18.4. The van der Waals surface area contributed by atoms with E-state index in [2.05, 4.69) is 170 Å². The van der Waals surface area contributed by atoms with Crippen LogP contribution in [0.15, 0.2) is 162 Å². The Kier molecular flexibility index (Phi) is 10.2. The first-order valence-corrected chi connectivity index (χ1v) is 22.6. The third-order valence-corrected chi connectivity index (χ3v) is 24.3. The van der Waals surface area contributed by atoms with Gasteiger partial charge in [-0.1, -0.05) is 214 Å². The predicted molar refractivity (Wildman–Crippen MR) is 220 cm³/mol. The number of benzene rings is 5. The van der Waals surface area contributed by atoms with E-state index in [9.17, 15) is 4.79 Å².